The van der Waals surface area contributed by atoms with E-state index in [1.807, 2.05) is 0 Å². The summed E-state index contributed by atoms with van der Waals surface area (Å²) < 4.78 is 17.6. The maximum Gasteiger partial charge on any atom is 0.408 e. The number of ether oxygens (including phenoxy) is 2. The Balaban J connectivity index is 4.98. The quantitative estimate of drug-likeness (QED) is 0.583. The molecule has 0 aromatic carbocycles. The zero-order chi connectivity index (χ0) is 19.8. The van der Waals surface area contributed by atoms with Crippen molar-refractivity contribution in [3.63, 3.8) is 0 Å². The number of hydrogen-bond donors (Lipinski definition) is 1. The van der Waals surface area contributed by atoms with Crippen LogP contribution in [0.15, 0.2) is 0 Å². The van der Waals surface area contributed by atoms with E-state index in [0.717, 1.165) is 5.06 Å². The number of carbonyl (C=O) groups is 3. The van der Waals surface area contributed by atoms with Crippen LogP contribution in [-0.2, 0) is 23.9 Å². The lowest BCUT2D eigenvalue weighted by molar-refractivity contribution is -0.169. The molecule has 0 unspecified atom stereocenters. The maximum absolute atomic E-state index is 12.3. The third kappa shape index (κ3) is 10.0. The number of hydrogen-bond acceptors (Lipinski definition) is 6. The summed E-state index contributed by atoms with van der Waals surface area (Å²) >= 11 is 0. The average molecular weight is 347 g/mol. The predicted molar refractivity (Wildman–Crippen MR) is 88.0 cm³/mol. The van der Waals surface area contributed by atoms with Crippen molar-refractivity contribution in [1.29, 1.82) is 0 Å². The van der Waals surface area contributed by atoms with Crippen molar-refractivity contribution in [1.82, 2.24) is 10.4 Å². The zero-order valence-electron chi connectivity index (χ0n) is 16.6. The largest absolute Gasteiger partial charge is 0.458 e. The Morgan fingerprint density at radius 1 is 1.08 bits per heavy atom. The molecule has 0 bridgehead atoms. The van der Waals surface area contributed by atoms with E-state index in [4.69, 9.17) is 15.7 Å². The van der Waals surface area contributed by atoms with E-state index in [-0.39, 0.29) is 19.9 Å². The number of hydroxylamine groups is 2. The van der Waals surface area contributed by atoms with Gasteiger partial charge in [0.25, 0.3) is 0 Å². The second kappa shape index (κ2) is 8.86. The molecule has 0 aliphatic carbocycles. The van der Waals surface area contributed by atoms with Crippen molar-refractivity contribution >= 4 is 18.0 Å². The summed E-state index contributed by atoms with van der Waals surface area (Å²) in [7, 11) is 0.905. The van der Waals surface area contributed by atoms with Crippen LogP contribution in [0.3, 0.4) is 0 Å². The highest BCUT2D eigenvalue weighted by Crippen LogP contribution is 2.13. The van der Waals surface area contributed by atoms with Gasteiger partial charge in [-0.25, -0.2) is 14.7 Å². The fraction of sp³-hybridized carbons (Fsp3) is 0.812. The number of alkyl carbamates (subject to hydrolysis) is 1. The van der Waals surface area contributed by atoms with Crippen LogP contribution in [-0.4, -0.2) is 54.4 Å². The molecule has 0 aromatic heterocycles. The number of nitrogens with one attached hydrogen (secondary N) is 1. The van der Waals surface area contributed by atoms with Crippen LogP contribution in [0.2, 0.25) is 0 Å². The van der Waals surface area contributed by atoms with Gasteiger partial charge in [-0.1, -0.05) is 0 Å². The Hall–Kier alpha value is -1.83. The summed E-state index contributed by atoms with van der Waals surface area (Å²) in [5.74, 6) is -1.14. The molecular formula is C16H30N2O6. The van der Waals surface area contributed by atoms with Gasteiger partial charge in [0, 0.05) is 14.8 Å². The molecule has 0 aromatic rings. The van der Waals surface area contributed by atoms with E-state index in [1.165, 1.54) is 7.11 Å². The predicted octanol–water partition coefficient (Wildman–Crippen LogP) is 2.02. The highest BCUT2D eigenvalue weighted by molar-refractivity contribution is 5.83. The number of nitrogens with zero attached hydrogens (tertiary/aromatic N) is 1. The van der Waals surface area contributed by atoms with Crippen molar-refractivity contribution in [3.05, 3.63) is 0 Å². The van der Waals surface area contributed by atoms with Gasteiger partial charge in [0.2, 0.25) is 5.91 Å². The maximum atomic E-state index is 12.3. The van der Waals surface area contributed by atoms with Gasteiger partial charge in [-0.3, -0.25) is 9.63 Å². The van der Waals surface area contributed by atoms with Gasteiger partial charge in [-0.15, -0.1) is 0 Å². The van der Waals surface area contributed by atoms with Crippen molar-refractivity contribution < 1.29 is 30.1 Å². The van der Waals surface area contributed by atoms with Gasteiger partial charge < -0.3 is 14.8 Å². The molecule has 0 radical (unpaired) electrons. The highest BCUT2D eigenvalue weighted by atomic mass is 16.7. The summed E-state index contributed by atoms with van der Waals surface area (Å²) in [6, 6.07) is -1.05. The topological polar surface area (TPSA) is 94.2 Å². The first-order chi connectivity index (χ1) is 11.3. The van der Waals surface area contributed by atoms with E-state index >= 15 is 0 Å². The minimum atomic E-state index is -1.05. The van der Waals surface area contributed by atoms with Crippen molar-refractivity contribution in [3.8, 4) is 0 Å². The van der Waals surface area contributed by atoms with Crippen LogP contribution in [0, 0.1) is 0 Å². The molecule has 8 heteroatoms. The first kappa shape index (κ1) is 20.2. The number of amides is 2. The molecule has 0 saturated heterocycles. The van der Waals surface area contributed by atoms with Crippen LogP contribution in [0.1, 0.15) is 55.8 Å². The normalized spacial score (nSPS) is 13.5. The van der Waals surface area contributed by atoms with Gasteiger partial charge in [0.05, 0.1) is 7.11 Å². The molecule has 24 heavy (non-hydrogen) atoms. The van der Waals surface area contributed by atoms with Crippen molar-refractivity contribution in [2.45, 2.75) is 71.6 Å². The summed E-state index contributed by atoms with van der Waals surface area (Å²) in [6.07, 6.45) is -0.890. The molecule has 0 aliphatic heterocycles. The molecule has 0 aliphatic rings. The van der Waals surface area contributed by atoms with Crippen LogP contribution in [0.4, 0.5) is 4.79 Å². The average Bonchev–Trinajstić information content (AvgIpc) is 2.40. The molecule has 0 heterocycles. The smallest absolute Gasteiger partial charge is 0.408 e. The third-order valence-electron chi connectivity index (χ3n) is 2.53. The molecule has 140 valence electrons. The van der Waals surface area contributed by atoms with Gasteiger partial charge in [-0.05, 0) is 48.0 Å². The Labute approximate surface area is 145 Å². The molecule has 0 saturated carbocycles. The first-order valence-corrected chi connectivity index (χ1v) is 7.65. The minimum absolute atomic E-state index is 0.00709. The summed E-state index contributed by atoms with van der Waals surface area (Å²) in [5.41, 5.74) is -1.47. The van der Waals surface area contributed by atoms with Crippen molar-refractivity contribution in [2.75, 3.05) is 14.1 Å². The monoisotopic (exact) mass is 347 g/mol. The lowest BCUT2D eigenvalue weighted by Crippen LogP contribution is -2.46. The summed E-state index contributed by atoms with van der Waals surface area (Å²) in [6.45, 7) is 10.2. The SMILES string of the molecule is [2H]CN(OC)C(=O)CC[C@H](NC(=O)OC(C)(C)C)C(=O)OC(C)(C)C. The van der Waals surface area contributed by atoms with E-state index in [2.05, 4.69) is 5.32 Å². The Morgan fingerprint density at radius 2 is 1.62 bits per heavy atom. The van der Waals surface area contributed by atoms with Gasteiger partial charge in [0.1, 0.15) is 17.2 Å². The molecule has 2 amide bonds. The molecule has 0 spiro atoms. The van der Waals surface area contributed by atoms with Crippen LogP contribution < -0.4 is 5.32 Å². The van der Waals surface area contributed by atoms with Crippen LogP contribution in [0.25, 0.3) is 0 Å². The second-order valence-corrected chi connectivity index (χ2v) is 7.23. The van der Waals surface area contributed by atoms with Gasteiger partial charge in [0.15, 0.2) is 0 Å². The molecule has 1 N–H and O–H groups in total. The third-order valence-corrected chi connectivity index (χ3v) is 2.53. The first-order valence-electron chi connectivity index (χ1n) is 8.36. The Kier molecular flexibility index (Phi) is 7.47. The van der Waals surface area contributed by atoms with E-state index in [0.29, 0.717) is 0 Å². The molecule has 0 rings (SSSR count). The summed E-state index contributed by atoms with van der Waals surface area (Å²) in [4.78, 5) is 40.9. The van der Waals surface area contributed by atoms with E-state index in [1.54, 1.807) is 41.5 Å². The van der Waals surface area contributed by atoms with Gasteiger partial charge in [-0.2, -0.15) is 0 Å². The van der Waals surface area contributed by atoms with Gasteiger partial charge >= 0.3 is 12.1 Å². The molecule has 8 nitrogen and oxygen atoms in total. The van der Waals surface area contributed by atoms with E-state index in [9.17, 15) is 14.4 Å². The number of rotatable bonds is 6. The Bertz CT molecular complexity index is 466. The second-order valence-electron chi connectivity index (χ2n) is 7.23. The fourth-order valence-corrected chi connectivity index (χ4v) is 1.57. The number of carbonyl (C=O) groups excluding carboxylic acids is 3. The lowest BCUT2D eigenvalue weighted by Gasteiger charge is -2.26. The van der Waals surface area contributed by atoms with Crippen LogP contribution >= 0.6 is 0 Å². The highest BCUT2D eigenvalue weighted by Gasteiger charge is 2.29. The van der Waals surface area contributed by atoms with Crippen molar-refractivity contribution in [2.24, 2.45) is 0 Å². The molecule has 1 atom stereocenters. The molecular weight excluding hydrogens is 316 g/mol. The van der Waals surface area contributed by atoms with Crippen LogP contribution in [0.5, 0.6) is 0 Å². The standard InChI is InChI=1S/C16H30N2O6/c1-15(2,3)23-13(20)11(9-10-12(19)18(7)22-8)17-14(21)24-16(4,5)6/h11H,9-10H2,1-8H3,(H,17,21)/t11-/m0/s1/i7D. The summed E-state index contributed by atoms with van der Waals surface area (Å²) in [5, 5.41) is 3.28. The van der Waals surface area contributed by atoms with E-state index < -0.39 is 35.2 Å². The fourth-order valence-electron chi connectivity index (χ4n) is 1.57. The Morgan fingerprint density at radius 3 is 2.04 bits per heavy atom. The zero-order valence-corrected chi connectivity index (χ0v) is 15.6. The molecule has 0 fully saturated rings. The number of esters is 1. The minimum Gasteiger partial charge on any atom is -0.458 e. The lowest BCUT2D eigenvalue weighted by atomic mass is 10.1.